The fraction of sp³-hybridized carbons (Fsp3) is 0.292. The van der Waals surface area contributed by atoms with Crippen molar-refractivity contribution < 1.29 is 13.8 Å². The van der Waals surface area contributed by atoms with Crippen molar-refractivity contribution in [3.05, 3.63) is 143 Å². The molecule has 65 heavy (non-hydrogen) atoms. The molecule has 0 aromatic heterocycles. The maximum absolute atomic E-state index is 8.03. The van der Waals surface area contributed by atoms with Crippen molar-refractivity contribution in [2.45, 2.75) is 90.9 Å². The van der Waals surface area contributed by atoms with Crippen molar-refractivity contribution in [2.75, 3.05) is 26.1 Å². The van der Waals surface area contributed by atoms with Crippen molar-refractivity contribution >= 4 is 51.0 Å². The molecule has 2 aliphatic rings. The van der Waals surface area contributed by atoms with E-state index in [9.17, 15) is 0 Å². The summed E-state index contributed by atoms with van der Waals surface area (Å²) in [6.45, 7) is 17.3. The Morgan fingerprint density at radius 3 is 1.68 bits per heavy atom. The summed E-state index contributed by atoms with van der Waals surface area (Å²) in [6, 6.07) is 30.3. The molecule has 1 aliphatic carbocycles. The van der Waals surface area contributed by atoms with Gasteiger partial charge in [-0.2, -0.15) is 10.2 Å². The minimum absolute atomic E-state index is 0.299. The number of nitrogens with zero attached hydrogens (tertiary/aromatic N) is 4. The molecule has 2 unspecified atom stereocenters. The predicted molar refractivity (Wildman–Crippen MR) is 266 cm³/mol. The fourth-order valence-electron chi connectivity index (χ4n) is 7.53. The van der Waals surface area contributed by atoms with E-state index in [0.29, 0.717) is 69.2 Å². The van der Waals surface area contributed by atoms with Gasteiger partial charge in [0.25, 0.3) is 0 Å². The number of rotatable bonds is 14. The number of hydrazine groups is 2. The molecule has 340 valence electrons. The number of allylic oxidation sites excluding steroid dienone is 3. The molecule has 7 rings (SSSR count). The molecule has 0 bridgehead atoms. The lowest BCUT2D eigenvalue weighted by molar-refractivity contribution is 0.382. The van der Waals surface area contributed by atoms with E-state index in [0.717, 1.165) is 40.8 Å². The van der Waals surface area contributed by atoms with Crippen LogP contribution in [0.25, 0.3) is 0 Å². The zero-order valence-electron chi connectivity index (χ0n) is 38.2. The van der Waals surface area contributed by atoms with E-state index in [-0.39, 0.29) is 10.8 Å². The Kier molecular flexibility index (Phi) is 13.4. The van der Waals surface area contributed by atoms with Crippen molar-refractivity contribution in [1.82, 2.24) is 5.09 Å². The number of benzene rings is 5. The molecule has 0 radical (unpaired) electrons. The van der Waals surface area contributed by atoms with Crippen LogP contribution in [0.1, 0.15) is 96.9 Å². The summed E-state index contributed by atoms with van der Waals surface area (Å²) in [5.41, 5.74) is 35.8. The van der Waals surface area contributed by atoms with Crippen LogP contribution in [0, 0.1) is 11.1 Å². The maximum Gasteiger partial charge on any atom is 0.322 e. The van der Waals surface area contributed by atoms with Crippen molar-refractivity contribution in [3.8, 4) is 23.0 Å². The lowest BCUT2D eigenvalue weighted by Gasteiger charge is -2.39. The van der Waals surface area contributed by atoms with Gasteiger partial charge >= 0.3 is 16.9 Å². The molecule has 0 fully saturated rings. The first-order valence-electron chi connectivity index (χ1n) is 21.4. The van der Waals surface area contributed by atoms with Crippen LogP contribution in [0.3, 0.4) is 0 Å². The number of anilines is 5. The molecular formula is C48H60N12O3P2. The highest BCUT2D eigenvalue weighted by Gasteiger charge is 2.42. The zero-order chi connectivity index (χ0) is 46.8. The highest BCUT2D eigenvalue weighted by molar-refractivity contribution is 7.56. The highest BCUT2D eigenvalue weighted by Crippen LogP contribution is 2.60. The molecule has 0 amide bonds. The average molecular weight is 915 g/mol. The largest absolute Gasteiger partial charge is 0.449 e. The van der Waals surface area contributed by atoms with Crippen molar-refractivity contribution in [1.29, 1.82) is 11.1 Å². The van der Waals surface area contributed by atoms with Gasteiger partial charge in [-0.25, -0.2) is 32.3 Å². The third kappa shape index (κ3) is 9.89. The summed E-state index contributed by atoms with van der Waals surface area (Å²) in [6.07, 6.45) is 6.19. The summed E-state index contributed by atoms with van der Waals surface area (Å²) in [7, 11) is -3.96. The third-order valence-corrected chi connectivity index (χ3v) is 14.3. The number of fused-ring (bicyclic) bond motifs is 2. The van der Waals surface area contributed by atoms with Crippen LogP contribution < -0.4 is 56.7 Å². The van der Waals surface area contributed by atoms with Gasteiger partial charge in [0.15, 0.2) is 23.0 Å². The summed E-state index contributed by atoms with van der Waals surface area (Å²) < 4.78 is 24.5. The Bertz CT molecular complexity index is 2660. The van der Waals surface area contributed by atoms with E-state index < -0.39 is 22.3 Å². The number of para-hydroxylation sites is 6. The molecule has 2 atom stereocenters. The fourth-order valence-corrected chi connectivity index (χ4v) is 10.3. The van der Waals surface area contributed by atoms with E-state index in [2.05, 4.69) is 87.9 Å². The first kappa shape index (κ1) is 46.7. The Morgan fingerprint density at radius 2 is 1.18 bits per heavy atom. The molecule has 1 heterocycles. The van der Waals surface area contributed by atoms with Gasteiger partial charge in [0.05, 0.1) is 28.4 Å². The summed E-state index contributed by atoms with van der Waals surface area (Å²) in [5, 5.41) is 14.6. The van der Waals surface area contributed by atoms with Crippen LogP contribution in [0.2, 0.25) is 0 Å². The van der Waals surface area contributed by atoms with E-state index in [1.165, 1.54) is 9.56 Å². The minimum atomic E-state index is -2.00. The lowest BCUT2D eigenvalue weighted by atomic mass is 9.72. The van der Waals surface area contributed by atoms with Gasteiger partial charge in [-0.1, -0.05) is 110 Å². The average Bonchev–Trinajstić information content (AvgIpc) is 3.50. The minimum Gasteiger partial charge on any atom is -0.449 e. The quantitative estimate of drug-likeness (QED) is 0.0171. The molecule has 1 aliphatic heterocycles. The molecule has 0 saturated heterocycles. The molecule has 5 aromatic rings. The second kappa shape index (κ2) is 18.7. The summed E-state index contributed by atoms with van der Waals surface area (Å²) >= 11 is 0. The second-order valence-corrected chi connectivity index (χ2v) is 21.4. The van der Waals surface area contributed by atoms with Gasteiger partial charge in [0.1, 0.15) is 11.4 Å². The van der Waals surface area contributed by atoms with Gasteiger partial charge in [-0.3, -0.25) is 0 Å². The molecule has 17 heteroatoms. The summed E-state index contributed by atoms with van der Waals surface area (Å²) in [5.74, 6) is 15.9. The first-order chi connectivity index (χ1) is 30.8. The van der Waals surface area contributed by atoms with Crippen molar-refractivity contribution in [2.24, 2.45) is 21.9 Å². The maximum atomic E-state index is 8.03. The Hall–Kier alpha value is -6.24. The van der Waals surface area contributed by atoms with Gasteiger partial charge in [-0.05, 0) is 95.8 Å². The van der Waals surface area contributed by atoms with Crippen LogP contribution in [-0.2, 0) is 16.2 Å². The SMILES string of the molecule is CC(C)(C)c1cc(OP(NC2=C(N=N)C=CCCC2)N(N)c2ccccc2N)c2c(c1)C(C)(C)c1cc(C(C)(C)C)cc(OP(Nc3ccccc3N=N)N(N)c3ccccc3N)c1O2. The topological polar surface area (TPSA) is 235 Å². The number of hydrogen-bond donors (Lipinski definition) is 8. The molecule has 5 aromatic carbocycles. The smallest absolute Gasteiger partial charge is 0.322 e. The van der Waals surface area contributed by atoms with E-state index in [1.807, 2.05) is 78.9 Å². The normalized spacial score (nSPS) is 15.3. The predicted octanol–water partition coefficient (Wildman–Crippen LogP) is 13.2. The Morgan fingerprint density at radius 1 is 0.692 bits per heavy atom. The molecular weight excluding hydrogens is 855 g/mol. The monoisotopic (exact) mass is 914 g/mol. The van der Waals surface area contributed by atoms with Crippen LogP contribution in [0.4, 0.5) is 34.1 Å². The Labute approximate surface area is 384 Å². The highest BCUT2D eigenvalue weighted by atomic mass is 31.2. The van der Waals surface area contributed by atoms with E-state index in [1.54, 1.807) is 18.2 Å². The third-order valence-electron chi connectivity index (χ3n) is 11.5. The van der Waals surface area contributed by atoms with Gasteiger partial charge in [0.2, 0.25) is 0 Å². The molecule has 12 N–H and O–H groups in total. The van der Waals surface area contributed by atoms with Crippen LogP contribution >= 0.6 is 16.9 Å². The number of hydrogen-bond acceptors (Lipinski definition) is 15. The number of nitrogens with two attached hydrogens (primary N) is 4. The van der Waals surface area contributed by atoms with Crippen LogP contribution in [-0.4, -0.2) is 0 Å². The van der Waals surface area contributed by atoms with Gasteiger partial charge in [-0.15, -0.1) is 0 Å². The molecule has 0 saturated carbocycles. The molecule has 0 spiro atoms. The Balaban J connectivity index is 1.41. The first-order valence-corrected chi connectivity index (χ1v) is 23.8. The number of nitrogen functional groups attached to an aromatic ring is 2. The van der Waals surface area contributed by atoms with Crippen LogP contribution in [0.5, 0.6) is 23.0 Å². The molecule has 15 nitrogen and oxygen atoms in total. The van der Waals surface area contributed by atoms with E-state index in [4.69, 9.17) is 48.0 Å². The van der Waals surface area contributed by atoms with Crippen LogP contribution in [0.15, 0.2) is 131 Å². The second-order valence-electron chi connectivity index (χ2n) is 18.6. The number of ether oxygens (including phenoxy) is 1. The lowest BCUT2D eigenvalue weighted by Crippen LogP contribution is -2.34. The number of nitrogens with one attached hydrogen (secondary N) is 4. The standard InChI is InChI=1S/C48H60N12O3P2/c1-46(2,3)30-26-32-44(42(28-30)62-64(59(53)40-24-16-12-18-34(40)49)57-38-22-11-9-10-20-36(38)55-51)61-45-33(48(32,7)8)27-31(47(4,5)6)29-43(45)63-65(58-39-23-15-14-21-37(39)56-52)60(54)41-25-17-13-19-35(41)50/h10,12-21,23-29,51-52,57-58H,9,11,22,49-50,53-54H2,1-8H3. The van der Waals surface area contributed by atoms with Gasteiger partial charge < -0.3 is 35.4 Å². The van der Waals surface area contributed by atoms with E-state index >= 15 is 0 Å². The van der Waals surface area contributed by atoms with Crippen molar-refractivity contribution in [3.63, 3.8) is 0 Å². The zero-order valence-corrected chi connectivity index (χ0v) is 40.0. The van der Waals surface area contributed by atoms with Gasteiger partial charge in [0, 0.05) is 22.2 Å². The summed E-state index contributed by atoms with van der Waals surface area (Å²) in [4.78, 5) is 0.